The van der Waals surface area contributed by atoms with E-state index < -0.39 is 5.60 Å². The summed E-state index contributed by atoms with van der Waals surface area (Å²) < 4.78 is 5.42. The maximum Gasteiger partial charge on any atom is 0.240 e. The van der Waals surface area contributed by atoms with Crippen molar-refractivity contribution in [2.24, 2.45) is 0 Å². The van der Waals surface area contributed by atoms with E-state index >= 15 is 0 Å². The molecule has 20 heavy (non-hydrogen) atoms. The molecule has 0 amide bonds. The van der Waals surface area contributed by atoms with Crippen LogP contribution in [0.5, 0.6) is 0 Å². The zero-order chi connectivity index (χ0) is 14.2. The van der Waals surface area contributed by atoms with Crippen LogP contribution in [0.25, 0.3) is 0 Å². The first kappa shape index (κ1) is 14.0. The van der Waals surface area contributed by atoms with Gasteiger partial charge in [-0.05, 0) is 46.1 Å². The molecule has 0 spiro atoms. The highest BCUT2D eigenvalue weighted by Crippen LogP contribution is 2.33. The summed E-state index contributed by atoms with van der Waals surface area (Å²) in [6, 6.07) is 0.185. The fraction of sp³-hybridized carbons (Fsp3) is 0.867. The molecule has 1 unspecified atom stereocenters. The van der Waals surface area contributed by atoms with Gasteiger partial charge < -0.3 is 9.63 Å². The minimum Gasteiger partial charge on any atom is -0.389 e. The molecule has 2 fully saturated rings. The first-order chi connectivity index (χ1) is 9.54. The minimum atomic E-state index is -0.676. The van der Waals surface area contributed by atoms with Crippen molar-refractivity contribution in [2.75, 3.05) is 6.54 Å². The van der Waals surface area contributed by atoms with Gasteiger partial charge in [-0.15, -0.1) is 0 Å². The Morgan fingerprint density at radius 1 is 1.25 bits per heavy atom. The molecular weight excluding hydrogens is 254 g/mol. The second-order valence-electron chi connectivity index (χ2n) is 6.81. The number of rotatable bonds is 4. The lowest BCUT2D eigenvalue weighted by molar-refractivity contribution is -0.00774. The average molecular weight is 279 g/mol. The van der Waals surface area contributed by atoms with Gasteiger partial charge in [-0.25, -0.2) is 0 Å². The summed E-state index contributed by atoms with van der Waals surface area (Å²) in [5.74, 6) is 2.08. The van der Waals surface area contributed by atoms with E-state index in [1.807, 2.05) is 13.8 Å². The molecule has 1 aliphatic carbocycles. The van der Waals surface area contributed by atoms with Gasteiger partial charge in [0.15, 0.2) is 5.82 Å². The third kappa shape index (κ3) is 2.88. The summed E-state index contributed by atoms with van der Waals surface area (Å²) in [6.45, 7) is 5.42. The summed E-state index contributed by atoms with van der Waals surface area (Å²) in [4.78, 5) is 6.84. The van der Waals surface area contributed by atoms with Gasteiger partial charge in [-0.2, -0.15) is 4.98 Å². The van der Waals surface area contributed by atoms with Crippen LogP contribution in [0.3, 0.4) is 0 Å². The van der Waals surface area contributed by atoms with Crippen LogP contribution in [-0.2, 0) is 6.54 Å². The molecule has 1 saturated heterocycles. The van der Waals surface area contributed by atoms with E-state index in [-0.39, 0.29) is 6.04 Å². The number of nitrogens with zero attached hydrogens (tertiary/aromatic N) is 3. The van der Waals surface area contributed by atoms with Crippen molar-refractivity contribution in [3.8, 4) is 0 Å². The fourth-order valence-electron chi connectivity index (χ4n) is 3.67. The second-order valence-corrected chi connectivity index (χ2v) is 6.81. The number of hydrogen-bond acceptors (Lipinski definition) is 5. The highest BCUT2D eigenvalue weighted by Gasteiger charge is 2.36. The molecule has 5 nitrogen and oxygen atoms in total. The lowest BCUT2D eigenvalue weighted by atomic mass is 9.97. The van der Waals surface area contributed by atoms with E-state index in [9.17, 15) is 5.11 Å². The molecule has 0 radical (unpaired) electrons. The van der Waals surface area contributed by atoms with Crippen LogP contribution in [0.2, 0.25) is 0 Å². The molecule has 2 aliphatic rings. The van der Waals surface area contributed by atoms with Crippen molar-refractivity contribution in [1.82, 2.24) is 15.0 Å². The van der Waals surface area contributed by atoms with E-state index in [0.717, 1.165) is 25.2 Å². The smallest absolute Gasteiger partial charge is 0.240 e. The monoisotopic (exact) mass is 279 g/mol. The van der Waals surface area contributed by atoms with E-state index in [2.05, 4.69) is 15.0 Å². The summed E-state index contributed by atoms with van der Waals surface area (Å²) >= 11 is 0. The van der Waals surface area contributed by atoms with Gasteiger partial charge >= 0.3 is 0 Å². The third-order valence-electron chi connectivity index (χ3n) is 4.72. The molecule has 1 aromatic rings. The van der Waals surface area contributed by atoms with Crippen LogP contribution >= 0.6 is 0 Å². The zero-order valence-corrected chi connectivity index (χ0v) is 12.5. The van der Waals surface area contributed by atoms with Gasteiger partial charge in [0.2, 0.25) is 5.89 Å². The Hall–Kier alpha value is -0.940. The quantitative estimate of drug-likeness (QED) is 0.917. The molecule has 112 valence electrons. The van der Waals surface area contributed by atoms with Gasteiger partial charge in [0.1, 0.15) is 0 Å². The Bertz CT molecular complexity index is 446. The van der Waals surface area contributed by atoms with E-state index in [0.29, 0.717) is 18.4 Å². The number of aromatic nitrogens is 2. The SMILES string of the molecule is CC(C)(O)C1CCCN1Cc1nc(C2CCCC2)no1. The minimum absolute atomic E-state index is 0.185. The molecule has 1 atom stereocenters. The van der Waals surface area contributed by atoms with E-state index in [1.54, 1.807) is 0 Å². The van der Waals surface area contributed by atoms with Crippen molar-refractivity contribution in [2.45, 2.75) is 76.5 Å². The Balaban J connectivity index is 1.65. The van der Waals surface area contributed by atoms with Gasteiger partial charge in [-0.3, -0.25) is 4.90 Å². The molecule has 3 rings (SSSR count). The van der Waals surface area contributed by atoms with Crippen LogP contribution in [0, 0.1) is 0 Å². The van der Waals surface area contributed by atoms with Crippen molar-refractivity contribution < 1.29 is 9.63 Å². The Morgan fingerprint density at radius 2 is 2.00 bits per heavy atom. The lowest BCUT2D eigenvalue weighted by Crippen LogP contribution is -2.45. The largest absolute Gasteiger partial charge is 0.389 e. The van der Waals surface area contributed by atoms with Crippen molar-refractivity contribution in [3.05, 3.63) is 11.7 Å². The number of likely N-dealkylation sites (tertiary alicyclic amines) is 1. The summed E-state index contributed by atoms with van der Waals surface area (Å²) in [5, 5.41) is 14.4. The predicted molar refractivity (Wildman–Crippen MR) is 75.2 cm³/mol. The molecule has 0 bridgehead atoms. The van der Waals surface area contributed by atoms with Gasteiger partial charge in [-0.1, -0.05) is 18.0 Å². The zero-order valence-electron chi connectivity index (χ0n) is 12.5. The first-order valence-electron chi connectivity index (χ1n) is 7.83. The Morgan fingerprint density at radius 3 is 2.70 bits per heavy atom. The molecule has 1 saturated carbocycles. The molecular formula is C15H25N3O2. The second kappa shape index (κ2) is 5.45. The third-order valence-corrected chi connectivity index (χ3v) is 4.72. The van der Waals surface area contributed by atoms with Crippen molar-refractivity contribution >= 4 is 0 Å². The van der Waals surface area contributed by atoms with E-state index in [4.69, 9.17) is 4.52 Å². The van der Waals surface area contributed by atoms with Gasteiger partial charge in [0, 0.05) is 12.0 Å². The van der Waals surface area contributed by atoms with Crippen LogP contribution in [-0.4, -0.2) is 38.3 Å². The Labute approximate surface area is 120 Å². The lowest BCUT2D eigenvalue weighted by Gasteiger charge is -2.32. The van der Waals surface area contributed by atoms with Crippen LogP contribution in [0.15, 0.2) is 4.52 Å². The molecule has 1 N–H and O–H groups in total. The molecule has 2 heterocycles. The van der Waals surface area contributed by atoms with Crippen molar-refractivity contribution in [1.29, 1.82) is 0 Å². The van der Waals surface area contributed by atoms with Gasteiger partial charge in [0.25, 0.3) is 0 Å². The Kier molecular flexibility index (Phi) is 3.82. The highest BCUT2D eigenvalue weighted by molar-refractivity contribution is 4.99. The van der Waals surface area contributed by atoms with Crippen LogP contribution < -0.4 is 0 Å². The van der Waals surface area contributed by atoms with Crippen molar-refractivity contribution in [3.63, 3.8) is 0 Å². The average Bonchev–Trinajstić information content (AvgIpc) is 3.08. The molecule has 1 aliphatic heterocycles. The summed E-state index contributed by atoms with van der Waals surface area (Å²) in [7, 11) is 0. The number of hydrogen-bond donors (Lipinski definition) is 1. The molecule has 0 aromatic carbocycles. The molecule has 5 heteroatoms. The highest BCUT2D eigenvalue weighted by atomic mass is 16.5. The summed E-state index contributed by atoms with van der Waals surface area (Å²) in [5.41, 5.74) is -0.676. The normalized spacial score (nSPS) is 25.6. The van der Waals surface area contributed by atoms with E-state index in [1.165, 1.54) is 25.7 Å². The first-order valence-corrected chi connectivity index (χ1v) is 7.83. The number of aliphatic hydroxyl groups is 1. The predicted octanol–water partition coefficient (Wildman–Crippen LogP) is 2.46. The fourth-order valence-corrected chi connectivity index (χ4v) is 3.67. The van der Waals surface area contributed by atoms with Crippen LogP contribution in [0.1, 0.15) is 70.0 Å². The standard InChI is InChI=1S/C15H25N3O2/c1-15(2,19)12-8-5-9-18(12)10-13-16-14(17-20-13)11-6-3-4-7-11/h11-12,19H,3-10H2,1-2H3. The maximum absolute atomic E-state index is 10.2. The topological polar surface area (TPSA) is 62.4 Å². The maximum atomic E-state index is 10.2. The van der Waals surface area contributed by atoms with Gasteiger partial charge in [0.05, 0.1) is 12.1 Å². The summed E-state index contributed by atoms with van der Waals surface area (Å²) in [6.07, 6.45) is 7.10. The van der Waals surface area contributed by atoms with Crippen LogP contribution in [0.4, 0.5) is 0 Å². The molecule has 1 aromatic heterocycles.